The van der Waals surface area contributed by atoms with Crippen LogP contribution in [-0.2, 0) is 6.18 Å². The first-order valence-corrected chi connectivity index (χ1v) is 4.08. The van der Waals surface area contributed by atoms with Gasteiger partial charge in [-0.25, -0.2) is 9.37 Å². The van der Waals surface area contributed by atoms with Crippen molar-refractivity contribution >= 4 is 27.5 Å². The predicted molar refractivity (Wildman–Crippen MR) is 41.9 cm³/mol. The average Bonchev–Trinajstić information content (AvgIpc) is 1.98. The highest BCUT2D eigenvalue weighted by Gasteiger charge is 2.37. The van der Waals surface area contributed by atoms with Gasteiger partial charge >= 0.3 is 6.18 Å². The molecule has 0 aliphatic carbocycles. The molecule has 0 aliphatic heterocycles. The van der Waals surface area contributed by atoms with Crippen LogP contribution in [0.5, 0.6) is 0 Å². The molecule has 72 valence electrons. The fourth-order valence-corrected chi connectivity index (χ4v) is 1.06. The van der Waals surface area contributed by atoms with Gasteiger partial charge in [0.2, 0.25) is 0 Å². The molecule has 0 saturated heterocycles. The number of rotatable bonds is 0. The average molecular weight is 278 g/mol. The van der Waals surface area contributed by atoms with E-state index in [4.69, 9.17) is 11.6 Å². The van der Waals surface area contributed by atoms with Gasteiger partial charge in [-0.05, 0) is 15.9 Å². The Morgan fingerprint density at radius 3 is 2.38 bits per heavy atom. The van der Waals surface area contributed by atoms with Gasteiger partial charge in [-0.3, -0.25) is 0 Å². The zero-order valence-electron chi connectivity index (χ0n) is 5.79. The molecule has 0 spiro atoms. The van der Waals surface area contributed by atoms with E-state index in [-0.39, 0.29) is 4.47 Å². The van der Waals surface area contributed by atoms with Crippen molar-refractivity contribution in [2.24, 2.45) is 0 Å². The predicted octanol–water partition coefficient (Wildman–Crippen LogP) is 3.66. The fraction of sp³-hybridized carbons (Fsp3) is 0.167. The Balaban J connectivity index is 3.35. The van der Waals surface area contributed by atoms with E-state index in [0.717, 1.165) is 6.20 Å². The van der Waals surface area contributed by atoms with E-state index in [1.807, 2.05) is 0 Å². The number of hydrogen-bond acceptors (Lipinski definition) is 1. The second-order valence-electron chi connectivity index (χ2n) is 2.08. The van der Waals surface area contributed by atoms with E-state index in [0.29, 0.717) is 0 Å². The second-order valence-corrected chi connectivity index (χ2v) is 3.31. The van der Waals surface area contributed by atoms with E-state index in [1.165, 1.54) is 0 Å². The van der Waals surface area contributed by atoms with Crippen LogP contribution in [0.4, 0.5) is 17.6 Å². The Labute approximate surface area is 83.8 Å². The molecule has 1 rings (SSSR count). The summed E-state index contributed by atoms with van der Waals surface area (Å²) < 4.78 is 48.8. The van der Waals surface area contributed by atoms with E-state index in [9.17, 15) is 17.6 Å². The van der Waals surface area contributed by atoms with Crippen LogP contribution >= 0.6 is 27.5 Å². The normalized spacial score (nSPS) is 11.8. The number of alkyl halides is 3. The van der Waals surface area contributed by atoms with Crippen LogP contribution in [0.2, 0.25) is 5.02 Å². The SMILES string of the molecule is Fc1c(C(F)(F)F)ncc(Br)c1Cl. The van der Waals surface area contributed by atoms with Gasteiger partial charge < -0.3 is 0 Å². The molecule has 0 bridgehead atoms. The molecule has 0 radical (unpaired) electrons. The van der Waals surface area contributed by atoms with Crippen LogP contribution in [0.25, 0.3) is 0 Å². The molecule has 13 heavy (non-hydrogen) atoms. The summed E-state index contributed by atoms with van der Waals surface area (Å²) in [6.07, 6.45) is -4.03. The van der Waals surface area contributed by atoms with E-state index in [2.05, 4.69) is 20.9 Å². The highest BCUT2D eigenvalue weighted by Crippen LogP contribution is 2.34. The third-order valence-corrected chi connectivity index (χ3v) is 2.38. The summed E-state index contributed by atoms with van der Waals surface area (Å²) in [5, 5.41) is -0.623. The summed E-state index contributed by atoms with van der Waals surface area (Å²) in [5.41, 5.74) is -1.61. The van der Waals surface area contributed by atoms with Crippen molar-refractivity contribution in [1.29, 1.82) is 0 Å². The molecule has 0 N–H and O–H groups in total. The van der Waals surface area contributed by atoms with Gasteiger partial charge in [0, 0.05) is 6.20 Å². The van der Waals surface area contributed by atoms with Crippen molar-refractivity contribution in [1.82, 2.24) is 4.98 Å². The number of hydrogen-bond donors (Lipinski definition) is 0. The maximum absolute atomic E-state index is 12.8. The molecule has 1 aromatic heterocycles. The third-order valence-electron chi connectivity index (χ3n) is 1.19. The van der Waals surface area contributed by atoms with Crippen LogP contribution in [0.3, 0.4) is 0 Å². The summed E-state index contributed by atoms with van der Waals surface area (Å²) in [4.78, 5) is 2.88. The zero-order valence-corrected chi connectivity index (χ0v) is 8.13. The zero-order chi connectivity index (χ0) is 10.2. The van der Waals surface area contributed by atoms with Gasteiger partial charge in [-0.2, -0.15) is 13.2 Å². The number of aromatic nitrogens is 1. The molecular formula is C6HBrClF4N. The van der Waals surface area contributed by atoms with Gasteiger partial charge in [-0.15, -0.1) is 0 Å². The van der Waals surface area contributed by atoms with Crippen molar-refractivity contribution in [3.63, 3.8) is 0 Å². The lowest BCUT2D eigenvalue weighted by atomic mass is 10.3. The summed E-state index contributed by atoms with van der Waals surface area (Å²) in [7, 11) is 0. The summed E-state index contributed by atoms with van der Waals surface area (Å²) in [6.45, 7) is 0. The number of halogens is 6. The van der Waals surface area contributed by atoms with Gasteiger partial charge in [0.1, 0.15) is 0 Å². The first-order chi connectivity index (χ1) is 5.84. The molecular weight excluding hydrogens is 277 g/mol. The molecule has 0 fully saturated rings. The van der Waals surface area contributed by atoms with Crippen LogP contribution in [-0.4, -0.2) is 4.98 Å². The molecule has 1 nitrogen and oxygen atoms in total. The lowest BCUT2D eigenvalue weighted by Gasteiger charge is -2.07. The lowest BCUT2D eigenvalue weighted by Crippen LogP contribution is -2.11. The number of pyridine rings is 1. The fourth-order valence-electron chi connectivity index (χ4n) is 0.641. The Morgan fingerprint density at radius 1 is 1.38 bits per heavy atom. The second kappa shape index (κ2) is 3.42. The minimum Gasteiger partial charge on any atom is -0.248 e. The Hall–Kier alpha value is -0.360. The van der Waals surface area contributed by atoms with Gasteiger partial charge in [0.05, 0.1) is 9.50 Å². The first kappa shape index (κ1) is 10.7. The van der Waals surface area contributed by atoms with Crippen molar-refractivity contribution in [2.75, 3.05) is 0 Å². The highest BCUT2D eigenvalue weighted by molar-refractivity contribution is 9.10. The molecule has 0 aliphatic rings. The van der Waals surface area contributed by atoms with Crippen molar-refractivity contribution in [3.05, 3.63) is 27.2 Å². The minimum absolute atomic E-state index is 0.0142. The van der Waals surface area contributed by atoms with Gasteiger partial charge in [0.15, 0.2) is 11.5 Å². The molecule has 0 atom stereocenters. The monoisotopic (exact) mass is 277 g/mol. The Morgan fingerprint density at radius 2 is 1.92 bits per heavy atom. The van der Waals surface area contributed by atoms with Crippen molar-refractivity contribution in [3.8, 4) is 0 Å². The van der Waals surface area contributed by atoms with Crippen LogP contribution < -0.4 is 0 Å². The molecule has 0 amide bonds. The minimum atomic E-state index is -4.82. The topological polar surface area (TPSA) is 12.9 Å². The largest absolute Gasteiger partial charge is 0.436 e. The van der Waals surface area contributed by atoms with Crippen LogP contribution in [0.1, 0.15) is 5.69 Å². The first-order valence-electron chi connectivity index (χ1n) is 2.90. The van der Waals surface area contributed by atoms with E-state index in [1.54, 1.807) is 0 Å². The van der Waals surface area contributed by atoms with Crippen LogP contribution in [0.15, 0.2) is 10.7 Å². The molecule has 0 saturated carbocycles. The summed E-state index contributed by atoms with van der Waals surface area (Å²) in [5.74, 6) is -1.57. The van der Waals surface area contributed by atoms with E-state index < -0.39 is 22.7 Å². The summed E-state index contributed by atoms with van der Waals surface area (Å²) >= 11 is 7.97. The highest BCUT2D eigenvalue weighted by atomic mass is 79.9. The molecule has 1 heterocycles. The van der Waals surface area contributed by atoms with Gasteiger partial charge in [-0.1, -0.05) is 11.6 Å². The smallest absolute Gasteiger partial charge is 0.248 e. The van der Waals surface area contributed by atoms with Crippen molar-refractivity contribution in [2.45, 2.75) is 6.18 Å². The molecule has 0 aromatic carbocycles. The van der Waals surface area contributed by atoms with E-state index >= 15 is 0 Å². The third kappa shape index (κ3) is 2.11. The molecule has 1 aromatic rings. The molecule has 7 heteroatoms. The maximum atomic E-state index is 12.8. The quantitative estimate of drug-likeness (QED) is 0.660. The van der Waals surface area contributed by atoms with Crippen molar-refractivity contribution < 1.29 is 17.6 Å². The lowest BCUT2D eigenvalue weighted by molar-refractivity contribution is -0.143. The number of nitrogens with zero attached hydrogens (tertiary/aromatic N) is 1. The Bertz CT molecular complexity index is 338. The molecule has 0 unspecified atom stereocenters. The Kier molecular flexibility index (Phi) is 2.82. The van der Waals surface area contributed by atoms with Gasteiger partial charge in [0.25, 0.3) is 0 Å². The summed E-state index contributed by atoms with van der Waals surface area (Å²) in [6, 6.07) is 0. The standard InChI is InChI=1S/C6HBrClF4N/c7-2-1-13-5(6(10,11)12)4(9)3(2)8/h1H. The van der Waals surface area contributed by atoms with Crippen LogP contribution in [0, 0.1) is 5.82 Å². The maximum Gasteiger partial charge on any atom is 0.436 e.